The van der Waals surface area contributed by atoms with Gasteiger partial charge in [-0.2, -0.15) is 0 Å². The van der Waals surface area contributed by atoms with Crippen molar-refractivity contribution < 1.29 is 22.9 Å². The van der Waals surface area contributed by atoms with Gasteiger partial charge in [0.1, 0.15) is 23.7 Å². The Morgan fingerprint density at radius 3 is 2.20 bits per heavy atom. The average Bonchev–Trinajstić information content (AvgIpc) is 3.20. The first-order chi connectivity index (χ1) is 21.3. The molecule has 6 nitrogen and oxygen atoms in total. The molecule has 1 aromatic rings. The van der Waals surface area contributed by atoms with E-state index in [4.69, 9.17) is 23.3 Å². The summed E-state index contributed by atoms with van der Waals surface area (Å²) in [6.07, 6.45) is 8.46. The van der Waals surface area contributed by atoms with Gasteiger partial charge in [-0.1, -0.05) is 49.3 Å². The first-order valence-corrected chi connectivity index (χ1v) is 28.3. The minimum Gasteiger partial charge on any atom is -0.415 e. The molecule has 258 valence electrons. The van der Waals surface area contributed by atoms with Crippen LogP contribution in [-0.2, 0) is 29.5 Å². The van der Waals surface area contributed by atoms with Gasteiger partial charge >= 0.3 is 0 Å². The van der Waals surface area contributed by atoms with Crippen LogP contribution in [0.5, 0.6) is 0 Å². The number of Topliss-reactive ketones (excluding diaryl/α,β-unsaturated/α-hetero) is 1. The van der Waals surface area contributed by atoms with Crippen molar-refractivity contribution in [3.05, 3.63) is 35.9 Å². The van der Waals surface area contributed by atoms with Gasteiger partial charge in [0.05, 0.1) is 6.61 Å². The molecule has 4 aliphatic carbocycles. The highest BCUT2D eigenvalue weighted by Gasteiger charge is 2.70. The van der Waals surface area contributed by atoms with E-state index in [2.05, 4.69) is 84.9 Å². The van der Waals surface area contributed by atoms with Crippen molar-refractivity contribution in [2.45, 2.75) is 142 Å². The smallest absolute Gasteiger partial charge is 0.185 e. The van der Waals surface area contributed by atoms with Gasteiger partial charge in [-0.15, -0.1) is 0 Å². The van der Waals surface area contributed by atoms with Crippen molar-refractivity contribution in [2.75, 3.05) is 6.61 Å². The van der Waals surface area contributed by atoms with Crippen LogP contribution in [0.3, 0.4) is 0 Å². The van der Waals surface area contributed by atoms with Crippen LogP contribution in [0.2, 0.25) is 58.9 Å². The number of nitrogens with zero attached hydrogens (tertiary/aromatic N) is 1. The van der Waals surface area contributed by atoms with Crippen LogP contribution < -0.4 is 0 Å². The molecule has 0 heterocycles. The summed E-state index contributed by atoms with van der Waals surface area (Å²) in [7, 11) is -5.58. The maximum absolute atomic E-state index is 14.8. The van der Waals surface area contributed by atoms with Crippen LogP contribution >= 0.6 is 0 Å². The lowest BCUT2D eigenvalue weighted by Gasteiger charge is -2.61. The van der Waals surface area contributed by atoms with Crippen LogP contribution in [0.25, 0.3) is 0 Å². The molecule has 0 aliphatic heterocycles. The van der Waals surface area contributed by atoms with Gasteiger partial charge in [0.15, 0.2) is 25.0 Å². The second-order valence-corrected chi connectivity index (χ2v) is 31.9. The molecule has 0 unspecified atom stereocenters. The summed E-state index contributed by atoms with van der Waals surface area (Å²) in [6, 6.07) is 10.2. The first-order valence-electron chi connectivity index (χ1n) is 18.0. The quantitative estimate of drug-likeness (QED) is 0.132. The van der Waals surface area contributed by atoms with E-state index in [1.165, 1.54) is 6.42 Å². The molecule has 0 radical (unpaired) electrons. The summed E-state index contributed by atoms with van der Waals surface area (Å²) >= 11 is 0. The number of rotatable bonds is 11. The van der Waals surface area contributed by atoms with Crippen LogP contribution in [0.1, 0.15) is 70.8 Å². The fraction of sp³-hybridized carbons (Fsp3) is 0.784. The lowest BCUT2D eigenvalue weighted by molar-refractivity contribution is -0.166. The normalized spacial score (nSPS) is 37.0. The molecule has 4 saturated carbocycles. The molecule has 0 aromatic heterocycles. The van der Waals surface area contributed by atoms with E-state index in [1.807, 2.05) is 18.2 Å². The zero-order valence-corrected chi connectivity index (χ0v) is 33.8. The fourth-order valence-electron chi connectivity index (χ4n) is 10.1. The van der Waals surface area contributed by atoms with E-state index in [1.54, 1.807) is 0 Å². The predicted octanol–water partition coefficient (Wildman–Crippen LogP) is 9.44. The third kappa shape index (κ3) is 7.39. The molecule has 1 aromatic carbocycles. The molecule has 0 amide bonds. The highest BCUT2D eigenvalue weighted by Crippen LogP contribution is 2.68. The van der Waals surface area contributed by atoms with Gasteiger partial charge in [-0.3, -0.25) is 4.79 Å². The van der Waals surface area contributed by atoms with Crippen LogP contribution in [0.15, 0.2) is 35.5 Å². The molecule has 0 N–H and O–H groups in total. The monoisotopic (exact) mass is 685 g/mol. The maximum Gasteiger partial charge on any atom is 0.185 e. The number of fused-ring (bicyclic) bond motifs is 5. The van der Waals surface area contributed by atoms with Gasteiger partial charge in [0.25, 0.3) is 0 Å². The van der Waals surface area contributed by atoms with Crippen LogP contribution in [0, 0.1) is 34.5 Å². The molecule has 0 bridgehead atoms. The summed E-state index contributed by atoms with van der Waals surface area (Å²) in [6.45, 7) is 26.0. The molecule has 9 heteroatoms. The Hall–Kier alpha value is -1.11. The Balaban J connectivity index is 1.49. The van der Waals surface area contributed by atoms with E-state index in [-0.39, 0.29) is 16.7 Å². The number of carbonyl (C=O) groups is 1. The molecule has 8 atom stereocenters. The zero-order chi connectivity index (χ0) is 33.8. The molecule has 0 saturated heterocycles. The van der Waals surface area contributed by atoms with E-state index < -0.39 is 30.6 Å². The zero-order valence-electron chi connectivity index (χ0n) is 30.8. The van der Waals surface area contributed by atoms with Crippen molar-refractivity contribution in [3.63, 3.8) is 0 Å². The van der Waals surface area contributed by atoms with Crippen molar-refractivity contribution in [1.82, 2.24) is 0 Å². The van der Waals surface area contributed by atoms with E-state index in [9.17, 15) is 4.79 Å². The van der Waals surface area contributed by atoms with Gasteiger partial charge in [0.2, 0.25) is 0 Å². The number of ketones is 1. The first kappa shape index (κ1) is 36.2. The Kier molecular flexibility index (Phi) is 10.2. The van der Waals surface area contributed by atoms with Crippen molar-refractivity contribution in [3.8, 4) is 0 Å². The molecule has 4 fully saturated rings. The number of carbonyl (C=O) groups excluding carboxylic acids is 1. The van der Waals surface area contributed by atoms with Crippen LogP contribution in [0.4, 0.5) is 0 Å². The number of benzene rings is 1. The fourth-order valence-corrected chi connectivity index (χ4v) is 13.4. The highest BCUT2D eigenvalue weighted by molar-refractivity contribution is 6.70. The van der Waals surface area contributed by atoms with E-state index in [0.29, 0.717) is 49.3 Å². The predicted molar refractivity (Wildman–Crippen MR) is 195 cm³/mol. The molecular formula is C37H63NO5Si3. The molecule has 4 aliphatic rings. The lowest BCUT2D eigenvalue weighted by atomic mass is 9.44. The van der Waals surface area contributed by atoms with E-state index in [0.717, 1.165) is 49.8 Å². The van der Waals surface area contributed by atoms with Crippen molar-refractivity contribution in [1.29, 1.82) is 0 Å². The molecule has 5 rings (SSSR count). The highest BCUT2D eigenvalue weighted by atomic mass is 28.4. The molecular weight excluding hydrogens is 623 g/mol. The molecule has 46 heavy (non-hydrogen) atoms. The summed E-state index contributed by atoms with van der Waals surface area (Å²) < 4.78 is 20.6. The summed E-state index contributed by atoms with van der Waals surface area (Å²) in [5.74, 6) is 1.95. The third-order valence-corrected chi connectivity index (χ3v) is 14.8. The third-order valence-electron chi connectivity index (χ3n) is 11.8. The Morgan fingerprint density at radius 1 is 0.870 bits per heavy atom. The number of hydrogen-bond acceptors (Lipinski definition) is 6. The Morgan fingerprint density at radius 2 is 1.57 bits per heavy atom. The van der Waals surface area contributed by atoms with Crippen molar-refractivity contribution in [2.24, 2.45) is 39.7 Å². The van der Waals surface area contributed by atoms with Crippen LogP contribution in [-0.4, -0.2) is 54.8 Å². The Labute approximate surface area is 283 Å². The summed E-state index contributed by atoms with van der Waals surface area (Å²) in [5, 5.41) is 4.93. The second-order valence-electron chi connectivity index (χ2n) is 18.5. The largest absolute Gasteiger partial charge is 0.415 e. The minimum absolute atomic E-state index is 0.0577. The maximum atomic E-state index is 14.8. The number of oxime groups is 1. The van der Waals surface area contributed by atoms with Gasteiger partial charge in [-0.05, 0) is 133 Å². The van der Waals surface area contributed by atoms with Gasteiger partial charge < -0.3 is 18.1 Å². The SMILES string of the molecule is C[C@]12CC[C@@H](O[Si](C)(C)C)C[C@H]1CC[C@@H]1[C@@H]2C(=O)C[C@@]2(C)[C@H]1CC[C@]2(O[Si](C)(C)C)/C(CO[Si](C)(C)C)=N\OCc1ccccc1. The summed E-state index contributed by atoms with van der Waals surface area (Å²) in [5.41, 5.74) is 0.957. The van der Waals surface area contributed by atoms with Gasteiger partial charge in [-0.25, -0.2) is 0 Å². The Bertz CT molecular complexity index is 1270. The molecule has 0 spiro atoms. The number of hydrogen-bond donors (Lipinski definition) is 0. The lowest BCUT2D eigenvalue weighted by Crippen LogP contribution is -2.64. The minimum atomic E-state index is -2.10. The van der Waals surface area contributed by atoms with Crippen molar-refractivity contribution >= 4 is 36.4 Å². The topological polar surface area (TPSA) is 66.4 Å². The summed E-state index contributed by atoms with van der Waals surface area (Å²) in [4.78, 5) is 20.9. The standard InChI is InChI=1S/C37H63NO5Si3/c1-35-21-19-29(42-45(6,7)8)23-28(35)17-18-30-31-20-22-37(43-46(9,10)11,36(31,2)24-32(39)34(30)35)33(26-41-44(3,4)5)38-40-25-27-15-13-12-14-16-27/h12-16,28-31,34H,17-26H2,1-11H3/b38-33-/t28-,29-,30+,31+,34-,35+,36+,37+/m1/s1. The second kappa shape index (κ2) is 13.0. The van der Waals surface area contributed by atoms with Gasteiger partial charge in [0, 0.05) is 23.9 Å². The van der Waals surface area contributed by atoms with E-state index >= 15 is 0 Å². The average molecular weight is 686 g/mol.